The highest BCUT2D eigenvalue weighted by Gasteiger charge is 2.15. The predicted octanol–water partition coefficient (Wildman–Crippen LogP) is 5.97. The van der Waals surface area contributed by atoms with Crippen molar-refractivity contribution < 1.29 is 4.79 Å². The number of hydrogen-bond acceptors (Lipinski definition) is 2. The van der Waals surface area contributed by atoms with E-state index in [2.05, 4.69) is 67.1 Å². The van der Waals surface area contributed by atoms with Gasteiger partial charge >= 0.3 is 0 Å². The van der Waals surface area contributed by atoms with Crippen LogP contribution in [0.2, 0.25) is 0 Å². The summed E-state index contributed by atoms with van der Waals surface area (Å²) in [5.74, 6) is 0.949. The van der Waals surface area contributed by atoms with Gasteiger partial charge in [-0.15, -0.1) is 0 Å². The Balaban J connectivity index is 1.52. The molecule has 1 aromatic heterocycles. The second-order valence-corrected chi connectivity index (χ2v) is 9.87. The van der Waals surface area contributed by atoms with Gasteiger partial charge in [-0.2, -0.15) is 0 Å². The molecule has 1 amide bonds. The van der Waals surface area contributed by atoms with E-state index in [9.17, 15) is 4.79 Å². The van der Waals surface area contributed by atoms with E-state index in [0.717, 1.165) is 40.1 Å². The molecule has 0 saturated carbocycles. The number of imidazole rings is 1. The third-order valence-corrected chi connectivity index (χ3v) is 6.15. The summed E-state index contributed by atoms with van der Waals surface area (Å²) in [4.78, 5) is 17.6. The number of carbonyl (C=O) groups excluding carboxylic acids is 1. The van der Waals surface area contributed by atoms with E-state index in [4.69, 9.17) is 4.98 Å². The summed E-state index contributed by atoms with van der Waals surface area (Å²) in [6, 6.07) is 23.0. The Kier molecular flexibility index (Phi) is 6.37. The van der Waals surface area contributed by atoms with E-state index in [1.165, 1.54) is 11.1 Å². The average molecular weight is 440 g/mol. The molecule has 4 rings (SSSR count). The smallest absolute Gasteiger partial charge is 0.251 e. The summed E-state index contributed by atoms with van der Waals surface area (Å²) in [6.45, 7) is 12.0. The maximum Gasteiger partial charge on any atom is 0.251 e. The molecule has 170 valence electrons. The van der Waals surface area contributed by atoms with E-state index < -0.39 is 0 Å². The van der Waals surface area contributed by atoms with Crippen LogP contribution in [0.4, 0.5) is 0 Å². The third kappa shape index (κ3) is 5.16. The summed E-state index contributed by atoms with van der Waals surface area (Å²) >= 11 is 0. The van der Waals surface area contributed by atoms with Crippen molar-refractivity contribution in [2.45, 2.75) is 53.0 Å². The summed E-state index contributed by atoms with van der Waals surface area (Å²) in [7, 11) is 0. The molecular formula is C29H33N3O. The molecule has 0 aliphatic heterocycles. The average Bonchev–Trinajstić information content (AvgIpc) is 3.10. The fraction of sp³-hybridized carbons (Fsp3) is 0.310. The lowest BCUT2D eigenvalue weighted by molar-refractivity contribution is 0.0953. The highest BCUT2D eigenvalue weighted by Crippen LogP contribution is 2.24. The Morgan fingerprint density at radius 2 is 1.70 bits per heavy atom. The second-order valence-electron chi connectivity index (χ2n) is 9.87. The number of rotatable bonds is 6. The molecule has 1 heterocycles. The van der Waals surface area contributed by atoms with Gasteiger partial charge in [-0.05, 0) is 54.2 Å². The Morgan fingerprint density at radius 1 is 0.970 bits per heavy atom. The minimum absolute atomic E-state index is 0.0343. The van der Waals surface area contributed by atoms with Crippen molar-refractivity contribution in [2.24, 2.45) is 0 Å². The molecule has 0 atom stereocenters. The number of fused-ring (bicyclic) bond motifs is 1. The monoisotopic (exact) mass is 439 g/mol. The zero-order valence-electron chi connectivity index (χ0n) is 20.3. The van der Waals surface area contributed by atoms with E-state index in [1.807, 2.05) is 44.2 Å². The quantitative estimate of drug-likeness (QED) is 0.402. The molecule has 0 aliphatic carbocycles. The topological polar surface area (TPSA) is 46.9 Å². The van der Waals surface area contributed by atoms with Crippen LogP contribution in [0.15, 0.2) is 66.7 Å². The molecule has 4 aromatic rings. The molecule has 0 saturated heterocycles. The Labute approximate surface area is 196 Å². The fourth-order valence-corrected chi connectivity index (χ4v) is 4.24. The SMILES string of the molecule is Cc1ccc(C(=O)NCCc2nc3ccccc3n2Cc2ccc(C(C)(C)C)cc2)c(C)c1. The second kappa shape index (κ2) is 9.22. The van der Waals surface area contributed by atoms with Crippen LogP contribution in [0.25, 0.3) is 11.0 Å². The lowest BCUT2D eigenvalue weighted by Gasteiger charge is -2.19. The largest absolute Gasteiger partial charge is 0.352 e. The Morgan fingerprint density at radius 3 is 2.39 bits per heavy atom. The van der Waals surface area contributed by atoms with Crippen LogP contribution in [-0.4, -0.2) is 22.0 Å². The van der Waals surface area contributed by atoms with Gasteiger partial charge in [0.2, 0.25) is 0 Å². The van der Waals surface area contributed by atoms with Gasteiger partial charge in [0.1, 0.15) is 5.82 Å². The molecule has 0 fully saturated rings. The van der Waals surface area contributed by atoms with Crippen molar-refractivity contribution in [2.75, 3.05) is 6.54 Å². The van der Waals surface area contributed by atoms with Gasteiger partial charge in [0.05, 0.1) is 11.0 Å². The number of amides is 1. The van der Waals surface area contributed by atoms with Crippen LogP contribution in [0.3, 0.4) is 0 Å². The van der Waals surface area contributed by atoms with Gasteiger partial charge in [-0.3, -0.25) is 4.79 Å². The molecule has 0 bridgehead atoms. The number of para-hydroxylation sites is 2. The van der Waals surface area contributed by atoms with Gasteiger partial charge in [0.15, 0.2) is 0 Å². The fourth-order valence-electron chi connectivity index (χ4n) is 4.24. The maximum absolute atomic E-state index is 12.7. The molecule has 1 N–H and O–H groups in total. The van der Waals surface area contributed by atoms with E-state index in [0.29, 0.717) is 13.0 Å². The third-order valence-electron chi connectivity index (χ3n) is 6.15. The highest BCUT2D eigenvalue weighted by molar-refractivity contribution is 5.95. The lowest BCUT2D eigenvalue weighted by atomic mass is 9.87. The zero-order chi connectivity index (χ0) is 23.6. The molecule has 0 aliphatic rings. The molecule has 0 unspecified atom stereocenters. The molecular weight excluding hydrogens is 406 g/mol. The van der Waals surface area contributed by atoms with Gasteiger partial charge < -0.3 is 9.88 Å². The number of aromatic nitrogens is 2. The van der Waals surface area contributed by atoms with Crippen LogP contribution < -0.4 is 5.32 Å². The van der Waals surface area contributed by atoms with Crippen molar-refractivity contribution in [1.29, 1.82) is 0 Å². The summed E-state index contributed by atoms with van der Waals surface area (Å²) < 4.78 is 2.27. The number of nitrogens with zero attached hydrogens (tertiary/aromatic N) is 2. The van der Waals surface area contributed by atoms with Gasteiger partial charge in [0, 0.05) is 25.1 Å². The molecule has 4 heteroatoms. The zero-order valence-corrected chi connectivity index (χ0v) is 20.3. The van der Waals surface area contributed by atoms with Gasteiger partial charge in [-0.1, -0.05) is 74.9 Å². The standard InChI is InChI=1S/C29H33N3O/c1-20-10-15-24(21(2)18-20)28(33)30-17-16-27-31-25-8-6-7-9-26(25)32(27)19-22-11-13-23(14-12-22)29(3,4)5/h6-15,18H,16-17,19H2,1-5H3,(H,30,33). The van der Waals surface area contributed by atoms with Crippen molar-refractivity contribution in [3.63, 3.8) is 0 Å². The molecule has 4 nitrogen and oxygen atoms in total. The first kappa shape index (κ1) is 22.8. The minimum Gasteiger partial charge on any atom is -0.352 e. The first-order valence-electron chi connectivity index (χ1n) is 11.6. The molecule has 33 heavy (non-hydrogen) atoms. The number of hydrogen-bond donors (Lipinski definition) is 1. The first-order valence-corrected chi connectivity index (χ1v) is 11.6. The van der Waals surface area contributed by atoms with Crippen LogP contribution in [0, 0.1) is 13.8 Å². The van der Waals surface area contributed by atoms with Crippen molar-refractivity contribution in [1.82, 2.24) is 14.9 Å². The van der Waals surface area contributed by atoms with Crippen molar-refractivity contribution in [3.8, 4) is 0 Å². The predicted molar refractivity (Wildman–Crippen MR) is 136 cm³/mol. The molecule has 0 radical (unpaired) electrons. The number of benzene rings is 3. The van der Waals surface area contributed by atoms with Crippen molar-refractivity contribution in [3.05, 3.63) is 100 Å². The van der Waals surface area contributed by atoms with Crippen LogP contribution in [0.1, 0.15) is 59.2 Å². The van der Waals surface area contributed by atoms with Crippen molar-refractivity contribution >= 4 is 16.9 Å². The van der Waals surface area contributed by atoms with E-state index in [1.54, 1.807) is 0 Å². The lowest BCUT2D eigenvalue weighted by Crippen LogP contribution is -2.27. The number of nitrogens with one attached hydrogen (secondary N) is 1. The highest BCUT2D eigenvalue weighted by atomic mass is 16.1. The molecule has 0 spiro atoms. The summed E-state index contributed by atoms with van der Waals surface area (Å²) in [6.07, 6.45) is 0.672. The first-order chi connectivity index (χ1) is 15.7. The summed E-state index contributed by atoms with van der Waals surface area (Å²) in [5.41, 5.74) is 7.70. The number of carbonyl (C=O) groups is 1. The summed E-state index contributed by atoms with van der Waals surface area (Å²) in [5, 5.41) is 3.07. The maximum atomic E-state index is 12.7. The Bertz CT molecular complexity index is 1280. The van der Waals surface area contributed by atoms with Crippen LogP contribution in [-0.2, 0) is 18.4 Å². The van der Waals surface area contributed by atoms with E-state index >= 15 is 0 Å². The molecule has 3 aromatic carbocycles. The van der Waals surface area contributed by atoms with Gasteiger partial charge in [-0.25, -0.2) is 4.98 Å². The van der Waals surface area contributed by atoms with E-state index in [-0.39, 0.29) is 11.3 Å². The Hall–Kier alpha value is -3.40. The normalized spacial score (nSPS) is 11.7. The number of aryl methyl sites for hydroxylation is 2. The van der Waals surface area contributed by atoms with Crippen LogP contribution >= 0.6 is 0 Å². The van der Waals surface area contributed by atoms with Crippen LogP contribution in [0.5, 0.6) is 0 Å². The van der Waals surface area contributed by atoms with Gasteiger partial charge in [0.25, 0.3) is 5.91 Å². The minimum atomic E-state index is -0.0343.